The monoisotopic (exact) mass is 441 g/mol. The topological polar surface area (TPSA) is 114 Å². The van der Waals surface area contributed by atoms with Crippen molar-refractivity contribution < 1.29 is 27.5 Å². The fraction of sp³-hybridized carbons (Fsp3) is 0.600. The molecule has 9 nitrogen and oxygen atoms in total. The Morgan fingerprint density at radius 1 is 1.17 bits per heavy atom. The molecular weight excluding hydrogens is 410 g/mol. The van der Waals surface area contributed by atoms with Crippen LogP contribution in [-0.4, -0.2) is 69.7 Å². The van der Waals surface area contributed by atoms with E-state index in [-0.39, 0.29) is 30.0 Å². The van der Waals surface area contributed by atoms with Crippen LogP contribution >= 0.6 is 0 Å². The number of hydrogen-bond donors (Lipinski definition) is 2. The highest BCUT2D eigenvalue weighted by Gasteiger charge is 2.29. The molecule has 1 aliphatic heterocycles. The second-order valence-corrected chi connectivity index (χ2v) is 9.49. The Morgan fingerprint density at radius 3 is 2.33 bits per heavy atom. The number of nitrogens with zero attached hydrogens (tertiary/aromatic N) is 1. The van der Waals surface area contributed by atoms with E-state index >= 15 is 0 Å². The van der Waals surface area contributed by atoms with E-state index in [1.54, 1.807) is 26.2 Å². The zero-order chi connectivity index (χ0) is 22.3. The molecule has 0 aliphatic carbocycles. The van der Waals surface area contributed by atoms with Crippen LogP contribution in [0, 0.1) is 0 Å². The fourth-order valence-electron chi connectivity index (χ4n) is 3.46. The van der Waals surface area contributed by atoms with E-state index in [0.29, 0.717) is 37.4 Å². The highest BCUT2D eigenvalue weighted by Crippen LogP contribution is 2.28. The molecule has 1 heterocycles. The minimum atomic E-state index is -3.22. The zero-order valence-corrected chi connectivity index (χ0v) is 18.8. The number of ether oxygens (including phenoxy) is 2. The summed E-state index contributed by atoms with van der Waals surface area (Å²) in [5.74, 6) is 0.591. The molecule has 2 N–H and O–H groups in total. The number of rotatable bonds is 9. The molecule has 1 aromatic carbocycles. The largest absolute Gasteiger partial charge is 0.493 e. The third-order valence-corrected chi connectivity index (χ3v) is 7.02. The van der Waals surface area contributed by atoms with E-state index in [0.717, 1.165) is 5.56 Å². The van der Waals surface area contributed by atoms with Crippen molar-refractivity contribution in [3.8, 4) is 11.5 Å². The van der Waals surface area contributed by atoms with E-state index in [1.165, 1.54) is 18.3 Å². The molecule has 1 aromatic rings. The Kier molecular flexibility index (Phi) is 8.48. The average Bonchev–Trinajstić information content (AvgIpc) is 2.73. The first kappa shape index (κ1) is 23.9. The smallest absolute Gasteiger partial charge is 0.243 e. The van der Waals surface area contributed by atoms with Crippen molar-refractivity contribution >= 4 is 21.8 Å². The molecule has 0 spiro atoms. The van der Waals surface area contributed by atoms with Crippen LogP contribution in [0.5, 0.6) is 11.5 Å². The minimum Gasteiger partial charge on any atom is -0.493 e. The normalized spacial score (nSPS) is 16.5. The van der Waals surface area contributed by atoms with Gasteiger partial charge in [0.2, 0.25) is 21.8 Å². The summed E-state index contributed by atoms with van der Waals surface area (Å²) in [6.07, 6.45) is 1.36. The van der Waals surface area contributed by atoms with Gasteiger partial charge >= 0.3 is 0 Å². The van der Waals surface area contributed by atoms with Gasteiger partial charge in [-0.2, -0.15) is 0 Å². The first-order valence-corrected chi connectivity index (χ1v) is 11.6. The number of carbonyl (C=O) groups excluding carboxylic acids is 2. The summed E-state index contributed by atoms with van der Waals surface area (Å²) in [6, 6.07) is 4.45. The summed E-state index contributed by atoms with van der Waals surface area (Å²) in [5.41, 5.74) is 0.811. The lowest BCUT2D eigenvalue weighted by molar-refractivity contribution is -0.128. The van der Waals surface area contributed by atoms with Crippen LogP contribution in [0.2, 0.25) is 0 Å². The third-order valence-electron chi connectivity index (χ3n) is 5.14. The standard InChI is InChI=1S/C20H31N3O6S/c1-5-30(26,27)23-10-8-16(9-11-23)22-20(25)17(21-14(2)24)12-15-6-7-18(28-3)19(13-15)29-4/h6-7,13,16-17H,5,8-12H2,1-4H3,(H,21,24)(H,22,25)/t17-/m1/s1. The summed E-state index contributed by atoms with van der Waals surface area (Å²) < 4.78 is 36.0. The predicted octanol–water partition coefficient (Wildman–Crippen LogP) is 0.681. The molecule has 1 saturated heterocycles. The van der Waals surface area contributed by atoms with Crippen molar-refractivity contribution in [1.29, 1.82) is 0 Å². The van der Waals surface area contributed by atoms with Gasteiger partial charge in [-0.3, -0.25) is 9.59 Å². The lowest BCUT2D eigenvalue weighted by Gasteiger charge is -2.32. The molecule has 0 aromatic heterocycles. The van der Waals surface area contributed by atoms with Crippen LogP contribution in [0.4, 0.5) is 0 Å². The number of methoxy groups -OCH3 is 2. The van der Waals surface area contributed by atoms with Gasteiger partial charge in [0.05, 0.1) is 20.0 Å². The van der Waals surface area contributed by atoms with E-state index in [2.05, 4.69) is 10.6 Å². The minimum absolute atomic E-state index is 0.0694. The van der Waals surface area contributed by atoms with Gasteiger partial charge in [-0.05, 0) is 37.5 Å². The molecule has 1 atom stereocenters. The summed E-state index contributed by atoms with van der Waals surface area (Å²) in [7, 11) is -0.141. The average molecular weight is 442 g/mol. The van der Waals surface area contributed by atoms with Crippen LogP contribution < -0.4 is 20.1 Å². The van der Waals surface area contributed by atoms with Gasteiger partial charge in [-0.15, -0.1) is 0 Å². The molecule has 2 rings (SSSR count). The lowest BCUT2D eigenvalue weighted by Crippen LogP contribution is -2.53. The quantitative estimate of drug-likeness (QED) is 0.583. The molecule has 2 amide bonds. The van der Waals surface area contributed by atoms with E-state index in [9.17, 15) is 18.0 Å². The Hall–Kier alpha value is -2.33. The molecule has 0 radical (unpaired) electrons. The van der Waals surface area contributed by atoms with Crippen molar-refractivity contribution in [1.82, 2.24) is 14.9 Å². The van der Waals surface area contributed by atoms with Crippen molar-refractivity contribution in [3.05, 3.63) is 23.8 Å². The lowest BCUT2D eigenvalue weighted by atomic mass is 10.0. The van der Waals surface area contributed by atoms with Crippen LogP contribution in [-0.2, 0) is 26.0 Å². The predicted molar refractivity (Wildman–Crippen MR) is 113 cm³/mol. The van der Waals surface area contributed by atoms with Gasteiger partial charge in [0.1, 0.15) is 6.04 Å². The van der Waals surface area contributed by atoms with Crippen LogP contribution in [0.25, 0.3) is 0 Å². The van der Waals surface area contributed by atoms with Gasteiger partial charge in [0.15, 0.2) is 11.5 Å². The Balaban J connectivity index is 2.03. The summed E-state index contributed by atoms with van der Waals surface area (Å²) in [5, 5.41) is 5.65. The third kappa shape index (κ3) is 6.33. The second kappa shape index (κ2) is 10.6. The summed E-state index contributed by atoms with van der Waals surface area (Å²) in [6.45, 7) is 3.74. The number of sulfonamides is 1. The van der Waals surface area contributed by atoms with Gasteiger partial charge in [0.25, 0.3) is 0 Å². The Labute approximate surface area is 178 Å². The van der Waals surface area contributed by atoms with Crippen LogP contribution in [0.3, 0.4) is 0 Å². The maximum Gasteiger partial charge on any atom is 0.243 e. The number of nitrogens with one attached hydrogen (secondary N) is 2. The maximum atomic E-state index is 12.8. The molecular formula is C20H31N3O6S. The first-order valence-electron chi connectivity index (χ1n) is 9.96. The van der Waals surface area contributed by atoms with E-state index in [4.69, 9.17) is 9.47 Å². The molecule has 1 aliphatic rings. The SMILES string of the molecule is CCS(=O)(=O)N1CCC(NC(=O)[C@@H](Cc2ccc(OC)c(OC)c2)NC(C)=O)CC1. The molecule has 0 unspecified atom stereocenters. The van der Waals surface area contributed by atoms with Crippen molar-refractivity contribution in [2.75, 3.05) is 33.1 Å². The molecule has 30 heavy (non-hydrogen) atoms. The Bertz CT molecular complexity index is 850. The number of carbonyl (C=O) groups is 2. The number of piperidine rings is 1. The fourth-order valence-corrected chi connectivity index (χ4v) is 4.59. The van der Waals surface area contributed by atoms with E-state index in [1.807, 2.05) is 6.07 Å². The van der Waals surface area contributed by atoms with Gasteiger partial charge in [-0.25, -0.2) is 12.7 Å². The maximum absolute atomic E-state index is 12.8. The first-order chi connectivity index (χ1) is 14.2. The van der Waals surface area contributed by atoms with Crippen molar-refractivity contribution in [2.45, 2.75) is 45.2 Å². The zero-order valence-electron chi connectivity index (χ0n) is 17.9. The Morgan fingerprint density at radius 2 is 1.80 bits per heavy atom. The van der Waals surface area contributed by atoms with Gasteiger partial charge in [0, 0.05) is 32.5 Å². The highest BCUT2D eigenvalue weighted by molar-refractivity contribution is 7.89. The van der Waals surface area contributed by atoms with Crippen LogP contribution in [0.15, 0.2) is 18.2 Å². The van der Waals surface area contributed by atoms with Crippen molar-refractivity contribution in [3.63, 3.8) is 0 Å². The molecule has 0 bridgehead atoms. The van der Waals surface area contributed by atoms with Gasteiger partial charge < -0.3 is 20.1 Å². The molecule has 168 valence electrons. The van der Waals surface area contributed by atoms with E-state index < -0.39 is 16.1 Å². The number of hydrogen-bond acceptors (Lipinski definition) is 6. The van der Waals surface area contributed by atoms with Gasteiger partial charge in [-0.1, -0.05) is 6.07 Å². The number of benzene rings is 1. The second-order valence-electron chi connectivity index (χ2n) is 7.23. The summed E-state index contributed by atoms with van der Waals surface area (Å²) in [4.78, 5) is 24.5. The van der Waals surface area contributed by atoms with Crippen molar-refractivity contribution in [2.24, 2.45) is 0 Å². The molecule has 10 heteroatoms. The number of amides is 2. The summed E-state index contributed by atoms with van der Waals surface area (Å²) >= 11 is 0. The van der Waals surface area contributed by atoms with Crippen LogP contribution in [0.1, 0.15) is 32.3 Å². The molecule has 1 fully saturated rings. The highest BCUT2D eigenvalue weighted by atomic mass is 32.2. The molecule has 0 saturated carbocycles.